The van der Waals surface area contributed by atoms with Crippen molar-refractivity contribution in [1.82, 2.24) is 15.0 Å². The van der Waals surface area contributed by atoms with Crippen molar-refractivity contribution in [1.29, 1.82) is 0 Å². The van der Waals surface area contributed by atoms with Crippen LogP contribution in [0.5, 0.6) is 0 Å². The van der Waals surface area contributed by atoms with Crippen molar-refractivity contribution >= 4 is 50.9 Å². The van der Waals surface area contributed by atoms with Crippen molar-refractivity contribution in [2.24, 2.45) is 0 Å². The van der Waals surface area contributed by atoms with E-state index >= 15 is 0 Å². The first-order valence-corrected chi connectivity index (χ1v) is 11.3. The van der Waals surface area contributed by atoms with E-state index < -0.39 is 0 Å². The standard InChI is InChI=1S/C22H22N4OS2/c1-4-16-7-5-6-8-20(16)26(15(3)27)22-23-17(13-29-22)12-28-21-24-18-10-9-14(2)11-19(18)25-21/h5-11,13H,4,12H2,1-3H3,(H,24,25). The summed E-state index contributed by atoms with van der Waals surface area (Å²) < 4.78 is 0. The molecule has 0 bridgehead atoms. The van der Waals surface area contributed by atoms with E-state index in [0.29, 0.717) is 10.9 Å². The average Bonchev–Trinajstić information content (AvgIpc) is 3.33. The number of rotatable bonds is 6. The number of para-hydroxylation sites is 1. The minimum atomic E-state index is -0.0351. The molecule has 0 aliphatic heterocycles. The Bertz CT molecular complexity index is 1160. The predicted molar refractivity (Wildman–Crippen MR) is 121 cm³/mol. The molecule has 29 heavy (non-hydrogen) atoms. The third-order valence-corrected chi connectivity index (χ3v) is 6.41. The molecule has 0 saturated heterocycles. The van der Waals surface area contributed by atoms with E-state index in [2.05, 4.69) is 42.0 Å². The van der Waals surface area contributed by atoms with Crippen LogP contribution in [0.3, 0.4) is 0 Å². The number of carbonyl (C=O) groups excluding carboxylic acids is 1. The summed E-state index contributed by atoms with van der Waals surface area (Å²) in [6, 6.07) is 14.2. The van der Waals surface area contributed by atoms with Crippen molar-refractivity contribution in [3.63, 3.8) is 0 Å². The number of nitrogens with zero attached hydrogens (tertiary/aromatic N) is 3. The van der Waals surface area contributed by atoms with Gasteiger partial charge < -0.3 is 4.98 Å². The minimum absolute atomic E-state index is 0.0351. The van der Waals surface area contributed by atoms with E-state index in [0.717, 1.165) is 39.6 Å². The third kappa shape index (κ3) is 4.21. The number of hydrogen-bond acceptors (Lipinski definition) is 5. The highest BCUT2D eigenvalue weighted by atomic mass is 32.2. The molecule has 5 nitrogen and oxygen atoms in total. The molecule has 0 unspecified atom stereocenters. The second-order valence-corrected chi connectivity index (χ2v) is 8.61. The number of nitrogens with one attached hydrogen (secondary N) is 1. The Morgan fingerprint density at radius 3 is 2.83 bits per heavy atom. The summed E-state index contributed by atoms with van der Waals surface area (Å²) in [6.07, 6.45) is 0.861. The minimum Gasteiger partial charge on any atom is -0.333 e. The van der Waals surface area contributed by atoms with Crippen LogP contribution in [0.1, 0.15) is 30.7 Å². The molecule has 2 aromatic heterocycles. The number of anilines is 2. The van der Waals surface area contributed by atoms with Crippen LogP contribution in [-0.2, 0) is 17.0 Å². The Morgan fingerprint density at radius 1 is 1.21 bits per heavy atom. The van der Waals surface area contributed by atoms with Crippen molar-refractivity contribution in [2.75, 3.05) is 4.90 Å². The molecular formula is C22H22N4OS2. The van der Waals surface area contributed by atoms with Gasteiger partial charge in [0.15, 0.2) is 10.3 Å². The maximum atomic E-state index is 12.4. The third-order valence-electron chi connectivity index (χ3n) is 4.63. The summed E-state index contributed by atoms with van der Waals surface area (Å²) in [6.45, 7) is 5.75. The van der Waals surface area contributed by atoms with Gasteiger partial charge in [0.2, 0.25) is 5.91 Å². The number of thioether (sulfide) groups is 1. The van der Waals surface area contributed by atoms with Crippen LogP contribution >= 0.6 is 23.1 Å². The van der Waals surface area contributed by atoms with Gasteiger partial charge in [0.1, 0.15) is 0 Å². The second kappa shape index (κ2) is 8.39. The van der Waals surface area contributed by atoms with E-state index in [-0.39, 0.29) is 5.91 Å². The number of fused-ring (bicyclic) bond motifs is 1. The van der Waals surface area contributed by atoms with E-state index in [1.807, 2.05) is 29.6 Å². The van der Waals surface area contributed by atoms with Crippen LogP contribution in [0.4, 0.5) is 10.8 Å². The quantitative estimate of drug-likeness (QED) is 0.395. The molecule has 0 atom stereocenters. The number of aromatic amines is 1. The Hall–Kier alpha value is -2.64. The largest absolute Gasteiger partial charge is 0.333 e. The van der Waals surface area contributed by atoms with Crippen LogP contribution in [0.2, 0.25) is 0 Å². The maximum Gasteiger partial charge on any atom is 0.230 e. The molecule has 0 aliphatic carbocycles. The van der Waals surface area contributed by atoms with Gasteiger partial charge in [-0.2, -0.15) is 0 Å². The zero-order valence-electron chi connectivity index (χ0n) is 16.6. The number of benzene rings is 2. The summed E-state index contributed by atoms with van der Waals surface area (Å²) in [5.74, 6) is 0.656. The topological polar surface area (TPSA) is 61.9 Å². The fraction of sp³-hybridized carbons (Fsp3) is 0.227. The molecule has 0 spiro atoms. The lowest BCUT2D eigenvalue weighted by molar-refractivity contribution is -0.115. The van der Waals surface area contributed by atoms with Crippen molar-refractivity contribution < 1.29 is 4.79 Å². The predicted octanol–water partition coefficient (Wildman–Crippen LogP) is 5.87. The van der Waals surface area contributed by atoms with Gasteiger partial charge >= 0.3 is 0 Å². The molecule has 4 rings (SSSR count). The number of hydrogen-bond donors (Lipinski definition) is 1. The van der Waals surface area contributed by atoms with Gasteiger partial charge in [0, 0.05) is 18.1 Å². The lowest BCUT2D eigenvalue weighted by Gasteiger charge is -2.20. The first-order valence-electron chi connectivity index (χ1n) is 9.47. The summed E-state index contributed by atoms with van der Waals surface area (Å²) >= 11 is 3.11. The highest BCUT2D eigenvalue weighted by Crippen LogP contribution is 2.33. The first-order chi connectivity index (χ1) is 14.0. The Kier molecular flexibility index (Phi) is 5.69. The monoisotopic (exact) mass is 422 g/mol. The van der Waals surface area contributed by atoms with E-state index in [1.54, 1.807) is 23.6 Å². The Morgan fingerprint density at radius 2 is 2.03 bits per heavy atom. The number of amides is 1. The molecule has 148 valence electrons. The van der Waals surface area contributed by atoms with Crippen LogP contribution in [0, 0.1) is 6.92 Å². The SMILES string of the molecule is CCc1ccccc1N(C(C)=O)c1nc(CSc2nc3ccc(C)cc3[nH]2)cs1. The van der Waals surface area contributed by atoms with Gasteiger partial charge in [-0.05, 0) is 42.7 Å². The van der Waals surface area contributed by atoms with Crippen molar-refractivity contribution in [3.8, 4) is 0 Å². The summed E-state index contributed by atoms with van der Waals surface area (Å²) in [7, 11) is 0. The van der Waals surface area contributed by atoms with Gasteiger partial charge in [-0.25, -0.2) is 9.97 Å². The molecule has 0 radical (unpaired) electrons. The Balaban J connectivity index is 1.53. The van der Waals surface area contributed by atoms with E-state index in [1.165, 1.54) is 16.9 Å². The highest BCUT2D eigenvalue weighted by Gasteiger charge is 2.20. The van der Waals surface area contributed by atoms with Crippen LogP contribution in [0.15, 0.2) is 53.0 Å². The number of imidazole rings is 1. The molecule has 0 fully saturated rings. The van der Waals surface area contributed by atoms with Crippen molar-refractivity contribution in [2.45, 2.75) is 38.1 Å². The lowest BCUT2D eigenvalue weighted by Crippen LogP contribution is -2.23. The van der Waals surface area contributed by atoms with Crippen LogP contribution < -0.4 is 4.90 Å². The molecule has 2 aromatic carbocycles. The molecule has 1 N–H and O–H groups in total. The molecule has 2 heterocycles. The molecular weight excluding hydrogens is 400 g/mol. The zero-order valence-corrected chi connectivity index (χ0v) is 18.2. The van der Waals surface area contributed by atoms with Crippen LogP contribution in [-0.4, -0.2) is 20.9 Å². The van der Waals surface area contributed by atoms with Gasteiger partial charge in [0.05, 0.1) is 22.4 Å². The Labute approximate surface area is 178 Å². The van der Waals surface area contributed by atoms with Gasteiger partial charge in [0.25, 0.3) is 0 Å². The molecule has 4 aromatic rings. The normalized spacial score (nSPS) is 11.1. The number of carbonyl (C=O) groups is 1. The maximum absolute atomic E-state index is 12.4. The highest BCUT2D eigenvalue weighted by molar-refractivity contribution is 7.98. The zero-order chi connectivity index (χ0) is 20.4. The summed E-state index contributed by atoms with van der Waals surface area (Å²) in [5, 5.41) is 3.59. The smallest absolute Gasteiger partial charge is 0.230 e. The number of thiazole rings is 1. The van der Waals surface area contributed by atoms with Gasteiger partial charge in [-0.3, -0.25) is 9.69 Å². The first kappa shape index (κ1) is 19.7. The van der Waals surface area contributed by atoms with E-state index in [4.69, 9.17) is 4.98 Å². The van der Waals surface area contributed by atoms with Gasteiger partial charge in [-0.15, -0.1) is 11.3 Å². The number of aryl methyl sites for hydroxylation is 2. The summed E-state index contributed by atoms with van der Waals surface area (Å²) in [5.41, 5.74) is 6.20. The fourth-order valence-electron chi connectivity index (χ4n) is 3.21. The number of H-pyrrole nitrogens is 1. The second-order valence-electron chi connectivity index (χ2n) is 6.81. The van der Waals surface area contributed by atoms with Gasteiger partial charge in [-0.1, -0.05) is 43.0 Å². The average molecular weight is 423 g/mol. The molecule has 1 amide bonds. The molecule has 0 saturated carbocycles. The number of aromatic nitrogens is 3. The lowest BCUT2D eigenvalue weighted by atomic mass is 10.1. The van der Waals surface area contributed by atoms with Crippen LogP contribution in [0.25, 0.3) is 11.0 Å². The summed E-state index contributed by atoms with van der Waals surface area (Å²) in [4.78, 5) is 26.8. The molecule has 0 aliphatic rings. The molecule has 7 heteroatoms. The fourth-order valence-corrected chi connectivity index (χ4v) is 4.97. The van der Waals surface area contributed by atoms with Crippen molar-refractivity contribution in [3.05, 3.63) is 64.7 Å². The van der Waals surface area contributed by atoms with E-state index in [9.17, 15) is 4.79 Å².